The summed E-state index contributed by atoms with van der Waals surface area (Å²) in [6, 6.07) is 13.9. The van der Waals surface area contributed by atoms with E-state index in [2.05, 4.69) is 24.5 Å². The second-order valence-corrected chi connectivity index (χ2v) is 9.62. The average molecular weight is 508 g/mol. The van der Waals surface area contributed by atoms with Crippen LogP contribution < -0.4 is 5.73 Å². The number of carbonyl (C=O) groups excluding carboxylic acids is 1. The van der Waals surface area contributed by atoms with Gasteiger partial charge in [0.25, 0.3) is 5.69 Å². The molecule has 0 atom stereocenters. The molecule has 0 saturated heterocycles. The third kappa shape index (κ3) is 6.66. The number of nitro groups is 1. The van der Waals surface area contributed by atoms with Crippen molar-refractivity contribution < 1.29 is 14.5 Å². The summed E-state index contributed by atoms with van der Waals surface area (Å²) in [5.74, 6) is 0.198. The van der Waals surface area contributed by atoms with Crippen molar-refractivity contribution in [1.82, 2.24) is 4.57 Å². The summed E-state index contributed by atoms with van der Waals surface area (Å²) >= 11 is 13.9. The van der Waals surface area contributed by atoms with Crippen LogP contribution in [0.2, 0.25) is 10.0 Å². The van der Waals surface area contributed by atoms with Crippen LogP contribution in [0.5, 0.6) is 0 Å². The van der Waals surface area contributed by atoms with E-state index in [-0.39, 0.29) is 18.2 Å². The Morgan fingerprint density at radius 3 is 2.48 bits per heavy atom. The number of nitrogens with zero attached hydrogens (tertiary/aromatic N) is 2. The first-order valence-electron chi connectivity index (χ1n) is 10.2. The van der Waals surface area contributed by atoms with E-state index in [9.17, 15) is 14.9 Å². The molecule has 0 radical (unpaired) electrons. The molecule has 7 nitrogen and oxygen atoms in total. The van der Waals surface area contributed by atoms with Crippen molar-refractivity contribution in [2.45, 2.75) is 42.7 Å². The molecule has 33 heavy (non-hydrogen) atoms. The van der Waals surface area contributed by atoms with Crippen molar-refractivity contribution in [1.29, 1.82) is 0 Å². The number of amides is 1. The van der Waals surface area contributed by atoms with Gasteiger partial charge in [-0.3, -0.25) is 10.1 Å². The summed E-state index contributed by atoms with van der Waals surface area (Å²) in [4.78, 5) is 22.8. The van der Waals surface area contributed by atoms with Gasteiger partial charge in [-0.1, -0.05) is 60.9 Å². The molecule has 0 aliphatic rings. The van der Waals surface area contributed by atoms with Crippen LogP contribution in [-0.2, 0) is 17.7 Å². The summed E-state index contributed by atoms with van der Waals surface area (Å²) in [6.45, 7) is 4.70. The number of nitro benzene ring substituents is 1. The molecule has 10 heteroatoms. The zero-order valence-electron chi connectivity index (χ0n) is 18.1. The lowest BCUT2D eigenvalue weighted by Crippen LogP contribution is -2.16. The van der Waals surface area contributed by atoms with Crippen LogP contribution in [-0.4, -0.2) is 22.2 Å². The van der Waals surface area contributed by atoms with Crippen molar-refractivity contribution in [3.8, 4) is 0 Å². The number of hydrogen-bond donors (Lipinski definition) is 1. The maximum Gasteiger partial charge on any atom is 0.404 e. The molecular formula is C23H23Cl2N3O4S. The Hall–Kier alpha value is -2.68. The Balaban J connectivity index is 2.07. The van der Waals surface area contributed by atoms with E-state index in [1.54, 1.807) is 18.2 Å². The van der Waals surface area contributed by atoms with Crippen molar-refractivity contribution in [3.63, 3.8) is 0 Å². The van der Waals surface area contributed by atoms with Gasteiger partial charge in [0.2, 0.25) is 0 Å². The fourth-order valence-electron chi connectivity index (χ4n) is 3.42. The summed E-state index contributed by atoms with van der Waals surface area (Å²) in [6.07, 6.45) is -0.395. The molecule has 1 aromatic heterocycles. The van der Waals surface area contributed by atoms with Gasteiger partial charge >= 0.3 is 6.09 Å². The molecule has 0 fully saturated rings. The SMILES string of the molecule is CC(C)c1cc(CCOC(N)=O)n(Cc2cccc([N+](=O)[O-])c2)c1Sc1cc(Cl)cc(Cl)c1. The number of rotatable bonds is 9. The van der Waals surface area contributed by atoms with Crippen molar-refractivity contribution in [2.24, 2.45) is 5.73 Å². The first-order valence-corrected chi connectivity index (χ1v) is 11.7. The van der Waals surface area contributed by atoms with E-state index < -0.39 is 11.0 Å². The molecule has 0 saturated carbocycles. The van der Waals surface area contributed by atoms with Gasteiger partial charge in [-0.15, -0.1) is 0 Å². The zero-order chi connectivity index (χ0) is 24.1. The number of benzene rings is 2. The molecule has 1 amide bonds. The summed E-state index contributed by atoms with van der Waals surface area (Å²) in [7, 11) is 0. The van der Waals surface area contributed by atoms with Gasteiger partial charge in [0.1, 0.15) is 0 Å². The van der Waals surface area contributed by atoms with Crippen LogP contribution >= 0.6 is 35.0 Å². The first kappa shape index (κ1) is 25.0. The fourth-order valence-corrected chi connectivity index (χ4v) is 5.37. The quantitative estimate of drug-likeness (QED) is 0.257. The number of hydrogen-bond acceptors (Lipinski definition) is 5. The molecule has 2 N–H and O–H groups in total. The van der Waals surface area contributed by atoms with Crippen molar-refractivity contribution in [2.75, 3.05) is 6.61 Å². The molecule has 3 aromatic rings. The minimum absolute atomic E-state index is 0.0261. The van der Waals surface area contributed by atoms with Crippen LogP contribution in [0.15, 0.2) is 58.5 Å². The van der Waals surface area contributed by atoms with E-state index in [1.807, 2.05) is 18.2 Å². The predicted molar refractivity (Wildman–Crippen MR) is 131 cm³/mol. The summed E-state index contributed by atoms with van der Waals surface area (Å²) in [5.41, 5.74) is 7.93. The second kappa shape index (κ2) is 11.0. The molecule has 3 rings (SSSR count). The minimum atomic E-state index is -0.834. The van der Waals surface area contributed by atoms with Crippen molar-refractivity contribution >= 4 is 46.7 Å². The summed E-state index contributed by atoms with van der Waals surface area (Å²) < 4.78 is 7.04. The van der Waals surface area contributed by atoms with Crippen LogP contribution in [0.1, 0.15) is 36.6 Å². The molecular weight excluding hydrogens is 485 g/mol. The zero-order valence-corrected chi connectivity index (χ0v) is 20.4. The van der Waals surface area contributed by atoms with E-state index in [0.29, 0.717) is 23.0 Å². The molecule has 0 aliphatic heterocycles. The monoisotopic (exact) mass is 507 g/mol. The molecule has 0 unspecified atom stereocenters. The highest BCUT2D eigenvalue weighted by molar-refractivity contribution is 7.99. The Bertz CT molecular complexity index is 1160. The normalized spacial score (nSPS) is 11.1. The number of halogens is 2. The van der Waals surface area contributed by atoms with Gasteiger partial charge in [0.15, 0.2) is 0 Å². The number of non-ortho nitro benzene ring substituents is 1. The Labute approximate surface area is 206 Å². The van der Waals surface area contributed by atoms with E-state index in [1.165, 1.54) is 17.8 Å². The second-order valence-electron chi connectivity index (χ2n) is 7.69. The first-order chi connectivity index (χ1) is 15.6. The standard InChI is InChI=1S/C23H23Cl2N3O4S/c1-14(2)21-12-18(6-7-32-23(26)29)27(13-15-4-3-5-19(8-15)28(30)31)22(21)33-20-10-16(24)9-17(25)11-20/h3-5,8-12,14H,6-7,13H2,1-2H3,(H2,26,29). The minimum Gasteiger partial charge on any atom is -0.449 e. The molecule has 0 spiro atoms. The smallest absolute Gasteiger partial charge is 0.404 e. The lowest BCUT2D eigenvalue weighted by atomic mass is 10.1. The van der Waals surface area contributed by atoms with Gasteiger partial charge in [0, 0.05) is 45.7 Å². The third-order valence-corrected chi connectivity index (χ3v) is 6.46. The van der Waals surface area contributed by atoms with E-state index in [4.69, 9.17) is 33.7 Å². The molecule has 0 aliphatic carbocycles. The van der Waals surface area contributed by atoms with E-state index >= 15 is 0 Å². The van der Waals surface area contributed by atoms with Gasteiger partial charge in [-0.25, -0.2) is 4.79 Å². The lowest BCUT2D eigenvalue weighted by molar-refractivity contribution is -0.384. The lowest BCUT2D eigenvalue weighted by Gasteiger charge is -2.16. The highest BCUT2D eigenvalue weighted by atomic mass is 35.5. The van der Waals surface area contributed by atoms with Gasteiger partial charge in [0.05, 0.1) is 16.6 Å². The van der Waals surface area contributed by atoms with Gasteiger partial charge < -0.3 is 15.0 Å². The van der Waals surface area contributed by atoms with Gasteiger partial charge in [-0.2, -0.15) is 0 Å². The summed E-state index contributed by atoms with van der Waals surface area (Å²) in [5, 5.41) is 13.3. The maximum atomic E-state index is 11.3. The average Bonchev–Trinajstić information content (AvgIpc) is 3.04. The third-order valence-electron chi connectivity index (χ3n) is 4.90. The molecule has 1 heterocycles. The number of nitrogens with two attached hydrogens (primary N) is 1. The number of aromatic nitrogens is 1. The fraction of sp³-hybridized carbons (Fsp3) is 0.261. The number of carbonyl (C=O) groups is 1. The van der Waals surface area contributed by atoms with Crippen LogP contribution in [0.4, 0.5) is 10.5 Å². The number of primary amides is 1. The maximum absolute atomic E-state index is 11.3. The Morgan fingerprint density at radius 1 is 1.18 bits per heavy atom. The van der Waals surface area contributed by atoms with Crippen LogP contribution in [0.3, 0.4) is 0 Å². The molecule has 0 bridgehead atoms. The molecule has 2 aromatic carbocycles. The highest BCUT2D eigenvalue weighted by Crippen LogP contribution is 2.39. The van der Waals surface area contributed by atoms with E-state index in [0.717, 1.165) is 26.7 Å². The number of ether oxygens (including phenoxy) is 1. The van der Waals surface area contributed by atoms with Crippen molar-refractivity contribution in [3.05, 3.63) is 85.5 Å². The van der Waals surface area contributed by atoms with Gasteiger partial charge in [-0.05, 0) is 41.3 Å². The molecule has 174 valence electrons. The Kier molecular flexibility index (Phi) is 8.29. The largest absolute Gasteiger partial charge is 0.449 e. The topological polar surface area (TPSA) is 100 Å². The van der Waals surface area contributed by atoms with Crippen LogP contribution in [0, 0.1) is 10.1 Å². The van der Waals surface area contributed by atoms with Crippen LogP contribution in [0.25, 0.3) is 0 Å². The highest BCUT2D eigenvalue weighted by Gasteiger charge is 2.20. The predicted octanol–water partition coefficient (Wildman–Crippen LogP) is 6.66. The Morgan fingerprint density at radius 2 is 1.88 bits per heavy atom.